The molecule has 0 heterocycles. The molecule has 0 unspecified atom stereocenters. The van der Waals surface area contributed by atoms with Gasteiger partial charge in [-0.1, -0.05) is 68.4 Å². The Morgan fingerprint density at radius 2 is 1.62 bits per heavy atom. The number of carbonyl (C=O) groups is 3. The van der Waals surface area contributed by atoms with Gasteiger partial charge in [-0.2, -0.15) is 0 Å². The van der Waals surface area contributed by atoms with E-state index >= 15 is 0 Å². The van der Waals surface area contributed by atoms with Gasteiger partial charge >= 0.3 is 6.09 Å². The summed E-state index contributed by atoms with van der Waals surface area (Å²) < 4.78 is 10.8. The van der Waals surface area contributed by atoms with E-state index in [-0.39, 0.29) is 31.4 Å². The lowest BCUT2D eigenvalue weighted by molar-refractivity contribution is -0.128. The molecule has 3 amide bonds. The van der Waals surface area contributed by atoms with Crippen LogP contribution in [-0.4, -0.2) is 49.6 Å². The van der Waals surface area contributed by atoms with E-state index in [0.29, 0.717) is 24.3 Å². The average molecular weight is 577 g/mol. The van der Waals surface area contributed by atoms with Gasteiger partial charge < -0.3 is 36.9 Å². The molecule has 0 aliphatic heterocycles. The summed E-state index contributed by atoms with van der Waals surface area (Å²) in [5.41, 5.74) is 12.2. The van der Waals surface area contributed by atoms with Gasteiger partial charge in [0.05, 0.1) is 7.11 Å². The number of nitrogens with zero attached hydrogens (tertiary/aromatic N) is 1. The maximum atomic E-state index is 13.5. The zero-order chi connectivity index (χ0) is 30.5. The largest absolute Gasteiger partial charge is 0.496 e. The van der Waals surface area contributed by atoms with E-state index in [4.69, 9.17) is 20.9 Å². The molecule has 0 saturated carbocycles. The summed E-state index contributed by atoms with van der Waals surface area (Å²) in [4.78, 5) is 43.4. The summed E-state index contributed by atoms with van der Waals surface area (Å²) >= 11 is 0. The van der Waals surface area contributed by atoms with Crippen LogP contribution in [0, 0.1) is 5.92 Å². The maximum Gasteiger partial charge on any atom is 0.408 e. The van der Waals surface area contributed by atoms with Crippen molar-refractivity contribution in [2.45, 2.75) is 51.8 Å². The number of rotatable bonds is 14. The summed E-state index contributed by atoms with van der Waals surface area (Å²) in [6.07, 6.45) is 0.304. The van der Waals surface area contributed by atoms with Crippen molar-refractivity contribution in [2.24, 2.45) is 22.4 Å². The minimum Gasteiger partial charge on any atom is -0.496 e. The van der Waals surface area contributed by atoms with Gasteiger partial charge in [-0.25, -0.2) is 4.79 Å². The van der Waals surface area contributed by atoms with E-state index in [1.807, 2.05) is 74.5 Å². The average Bonchev–Trinajstić information content (AvgIpc) is 2.96. The van der Waals surface area contributed by atoms with Crippen LogP contribution < -0.4 is 32.2 Å². The van der Waals surface area contributed by atoms with Crippen LogP contribution >= 0.6 is 0 Å². The third-order valence-corrected chi connectivity index (χ3v) is 6.42. The molecule has 0 aromatic heterocycles. The first-order valence-electron chi connectivity index (χ1n) is 13.9. The van der Waals surface area contributed by atoms with Crippen LogP contribution in [0.5, 0.6) is 5.75 Å². The van der Waals surface area contributed by atoms with Crippen LogP contribution in [0.4, 0.5) is 10.5 Å². The number of nitrogens with two attached hydrogens (primary N) is 2. The molecule has 2 atom stereocenters. The van der Waals surface area contributed by atoms with Gasteiger partial charge in [-0.05, 0) is 42.2 Å². The third kappa shape index (κ3) is 9.99. The predicted octanol–water partition coefficient (Wildman–Crippen LogP) is 3.67. The number of benzene rings is 3. The summed E-state index contributed by atoms with van der Waals surface area (Å²) in [5.74, 6) is -0.307. The first-order valence-corrected chi connectivity index (χ1v) is 13.9. The number of fused-ring (bicyclic) bond motifs is 1. The molecule has 0 aliphatic rings. The molecule has 11 heteroatoms. The molecule has 0 aliphatic carbocycles. The van der Waals surface area contributed by atoms with Gasteiger partial charge in [0.15, 0.2) is 5.96 Å². The molecule has 3 aromatic rings. The number of alkyl carbamates (subject to hydrolysis) is 1. The number of carbonyl (C=O) groups excluding carboxylic acids is 3. The molecule has 0 saturated heterocycles. The van der Waals surface area contributed by atoms with Crippen molar-refractivity contribution in [3.63, 3.8) is 0 Å². The molecule has 42 heavy (non-hydrogen) atoms. The second kappa shape index (κ2) is 15.8. The van der Waals surface area contributed by atoms with Crippen molar-refractivity contribution < 1.29 is 23.9 Å². The molecule has 3 aromatic carbocycles. The first kappa shape index (κ1) is 31.7. The second-order valence-electron chi connectivity index (χ2n) is 10.3. The monoisotopic (exact) mass is 576 g/mol. The normalized spacial score (nSPS) is 12.2. The van der Waals surface area contributed by atoms with E-state index in [9.17, 15) is 14.4 Å². The summed E-state index contributed by atoms with van der Waals surface area (Å²) in [7, 11) is 1.56. The fraction of sp³-hybridized carbons (Fsp3) is 0.355. The van der Waals surface area contributed by atoms with Crippen molar-refractivity contribution in [2.75, 3.05) is 19.0 Å². The molecule has 3 rings (SSSR count). The Balaban J connectivity index is 1.74. The number of guanidine groups is 1. The second-order valence-corrected chi connectivity index (χ2v) is 10.3. The van der Waals surface area contributed by atoms with E-state index in [0.717, 1.165) is 16.3 Å². The summed E-state index contributed by atoms with van der Waals surface area (Å²) in [6, 6.07) is 18.6. The number of amides is 3. The molecule has 0 spiro atoms. The maximum absolute atomic E-state index is 13.5. The van der Waals surface area contributed by atoms with E-state index in [1.54, 1.807) is 13.2 Å². The highest BCUT2D eigenvalue weighted by Crippen LogP contribution is 2.30. The molecule has 0 fully saturated rings. The Bertz CT molecular complexity index is 1370. The standard InChI is InChI=1S/C31H40N6O5/c1-20(2)16-26(37-31(40)42-19-21-10-5-4-6-11-21)29(39)36-25(14-9-15-34-30(32)33)28(38)35-23-17-22-12-7-8-13-24(22)27(18-23)41-3/h4-8,10-13,17-18,20,25-26H,9,14-16,19H2,1-3H3,(H,35,38)(H,36,39)(H,37,40)(H4,32,33,34)/t25-,26-/m0/s1. The molecule has 11 nitrogen and oxygen atoms in total. The fourth-order valence-electron chi connectivity index (χ4n) is 4.40. The first-order chi connectivity index (χ1) is 20.2. The minimum absolute atomic E-state index is 0.0569. The highest BCUT2D eigenvalue weighted by Gasteiger charge is 2.28. The number of aliphatic imine (C=N–C) groups is 1. The van der Waals surface area contributed by atoms with Crippen LogP contribution in [0.25, 0.3) is 10.8 Å². The van der Waals surface area contributed by atoms with E-state index in [2.05, 4.69) is 20.9 Å². The van der Waals surface area contributed by atoms with Crippen molar-refractivity contribution in [3.05, 3.63) is 72.3 Å². The summed E-state index contributed by atoms with van der Waals surface area (Å²) in [5, 5.41) is 10.1. The van der Waals surface area contributed by atoms with Crippen molar-refractivity contribution in [3.8, 4) is 5.75 Å². The Morgan fingerprint density at radius 3 is 2.31 bits per heavy atom. The van der Waals surface area contributed by atoms with Gasteiger partial charge in [0.1, 0.15) is 24.4 Å². The van der Waals surface area contributed by atoms with Crippen LogP contribution in [-0.2, 0) is 20.9 Å². The lowest BCUT2D eigenvalue weighted by Crippen LogP contribution is -2.53. The highest BCUT2D eigenvalue weighted by atomic mass is 16.5. The van der Waals surface area contributed by atoms with Gasteiger partial charge in [0.25, 0.3) is 0 Å². The lowest BCUT2D eigenvalue weighted by atomic mass is 10.0. The number of hydrogen-bond acceptors (Lipinski definition) is 6. The summed E-state index contributed by atoms with van der Waals surface area (Å²) in [6.45, 7) is 4.21. The van der Waals surface area contributed by atoms with Crippen LogP contribution in [0.1, 0.15) is 38.7 Å². The zero-order valence-corrected chi connectivity index (χ0v) is 24.3. The number of anilines is 1. The fourth-order valence-corrected chi connectivity index (χ4v) is 4.40. The SMILES string of the molecule is COc1cc(NC(=O)[C@H](CCCN=C(N)N)NC(=O)[C@H](CC(C)C)NC(=O)OCc2ccccc2)cc2ccccc12. The quantitative estimate of drug-likeness (QED) is 0.111. The van der Waals surface area contributed by atoms with Gasteiger partial charge in [-0.3, -0.25) is 14.6 Å². The molecule has 7 N–H and O–H groups in total. The van der Waals surface area contributed by atoms with Crippen LogP contribution in [0.15, 0.2) is 71.7 Å². The van der Waals surface area contributed by atoms with Crippen LogP contribution in [0.3, 0.4) is 0 Å². The van der Waals surface area contributed by atoms with Gasteiger partial charge in [0.2, 0.25) is 11.8 Å². The smallest absolute Gasteiger partial charge is 0.408 e. The number of nitrogens with one attached hydrogen (secondary N) is 3. The molecule has 0 radical (unpaired) electrons. The van der Waals surface area contributed by atoms with E-state index in [1.165, 1.54) is 0 Å². The number of hydrogen-bond donors (Lipinski definition) is 5. The highest BCUT2D eigenvalue weighted by molar-refractivity contribution is 6.01. The van der Waals surface area contributed by atoms with E-state index < -0.39 is 30.0 Å². The Kier molecular flexibility index (Phi) is 12.0. The van der Waals surface area contributed by atoms with Crippen molar-refractivity contribution in [1.29, 1.82) is 0 Å². The Hall–Kier alpha value is -4.80. The Morgan fingerprint density at radius 1 is 0.905 bits per heavy atom. The molecular formula is C31H40N6O5. The molecule has 0 bridgehead atoms. The lowest BCUT2D eigenvalue weighted by Gasteiger charge is -2.24. The van der Waals surface area contributed by atoms with Crippen LogP contribution in [0.2, 0.25) is 0 Å². The Labute approximate surface area is 246 Å². The topological polar surface area (TPSA) is 170 Å². The van der Waals surface area contributed by atoms with Gasteiger partial charge in [-0.15, -0.1) is 0 Å². The minimum atomic E-state index is -0.930. The third-order valence-electron chi connectivity index (χ3n) is 6.42. The number of methoxy groups -OCH3 is 1. The predicted molar refractivity (Wildman–Crippen MR) is 164 cm³/mol. The van der Waals surface area contributed by atoms with Gasteiger partial charge in [0, 0.05) is 23.7 Å². The van der Waals surface area contributed by atoms with Crippen molar-refractivity contribution in [1.82, 2.24) is 10.6 Å². The molecule has 224 valence electrons. The van der Waals surface area contributed by atoms with Crippen molar-refractivity contribution >= 4 is 40.3 Å². The molecular weight excluding hydrogens is 536 g/mol. The number of ether oxygens (including phenoxy) is 2. The zero-order valence-electron chi connectivity index (χ0n) is 24.3.